The van der Waals surface area contributed by atoms with Gasteiger partial charge in [-0.25, -0.2) is 4.79 Å². The number of carbonyl (C=O) groups excluding carboxylic acids is 2. The Labute approximate surface area is 165 Å². The van der Waals surface area contributed by atoms with Crippen LogP contribution in [0.4, 0.5) is 0 Å². The summed E-state index contributed by atoms with van der Waals surface area (Å²) >= 11 is 0. The lowest BCUT2D eigenvalue weighted by Crippen LogP contribution is -2.36. The Kier molecular flexibility index (Phi) is 7.32. The number of allylic oxidation sites excluding steroid dienone is 1. The molecule has 0 spiro atoms. The molecule has 28 heavy (non-hydrogen) atoms. The van der Waals surface area contributed by atoms with Crippen LogP contribution in [0.25, 0.3) is 0 Å². The minimum Gasteiger partial charge on any atom is -0.497 e. The molecule has 2 rings (SSSR count). The molecule has 0 bridgehead atoms. The second-order valence-electron chi connectivity index (χ2n) is 6.29. The van der Waals surface area contributed by atoms with Crippen molar-refractivity contribution in [3.05, 3.63) is 66.4 Å². The van der Waals surface area contributed by atoms with Crippen LogP contribution >= 0.6 is 0 Å². The fraction of sp³-hybridized carbons (Fsp3) is 0.318. The van der Waals surface area contributed by atoms with Crippen molar-refractivity contribution in [1.29, 1.82) is 0 Å². The van der Waals surface area contributed by atoms with Crippen LogP contribution in [0.3, 0.4) is 0 Å². The van der Waals surface area contributed by atoms with Gasteiger partial charge in [-0.15, -0.1) is 0 Å². The van der Waals surface area contributed by atoms with Gasteiger partial charge in [0.1, 0.15) is 24.9 Å². The molecule has 0 saturated heterocycles. The highest BCUT2D eigenvalue weighted by Crippen LogP contribution is 2.41. The van der Waals surface area contributed by atoms with Crippen LogP contribution in [0, 0.1) is 5.92 Å². The topological polar surface area (TPSA) is 74.2 Å². The van der Waals surface area contributed by atoms with E-state index in [4.69, 9.17) is 14.2 Å². The number of aliphatic imine (C=N–C) groups is 1. The van der Waals surface area contributed by atoms with Crippen molar-refractivity contribution in [2.75, 3.05) is 20.3 Å². The van der Waals surface area contributed by atoms with Crippen molar-refractivity contribution in [3.63, 3.8) is 0 Å². The lowest BCUT2D eigenvalue weighted by atomic mass is 9.75. The Bertz CT molecular complexity index is 837. The number of rotatable bonds is 8. The molecule has 0 fully saturated rings. The third-order valence-corrected chi connectivity index (χ3v) is 4.43. The zero-order valence-corrected chi connectivity index (χ0v) is 16.4. The first-order valence-corrected chi connectivity index (χ1v) is 8.90. The van der Waals surface area contributed by atoms with Crippen molar-refractivity contribution in [2.24, 2.45) is 10.9 Å². The highest BCUT2D eigenvalue weighted by Gasteiger charge is 2.42. The summed E-state index contributed by atoms with van der Waals surface area (Å²) in [5.74, 6) is -1.77. The summed E-state index contributed by atoms with van der Waals surface area (Å²) in [4.78, 5) is 30.1. The number of hydrogen-bond donors (Lipinski definition) is 0. The van der Waals surface area contributed by atoms with Gasteiger partial charge in [-0.3, -0.25) is 9.79 Å². The maximum absolute atomic E-state index is 12.8. The molecule has 1 aromatic carbocycles. The van der Waals surface area contributed by atoms with Gasteiger partial charge in [0.25, 0.3) is 0 Å². The molecule has 0 aromatic heterocycles. The number of carbonyl (C=O) groups is 2. The number of esters is 2. The quantitative estimate of drug-likeness (QED) is 0.506. The standard InChI is InChI=1S/C22H25NO5/c1-6-11-27-21(24)18-14(3)23-15(4)19(22(25)28-12-7-2)20(18)16-9-8-10-17(13-16)26-5/h6-10,13,18,20H,1-2,11-12H2,3-5H3/t18?,20-/m0/s1. The molecular weight excluding hydrogens is 358 g/mol. The Balaban J connectivity index is 2.59. The molecule has 2 atom stereocenters. The second-order valence-corrected chi connectivity index (χ2v) is 6.29. The van der Waals surface area contributed by atoms with E-state index in [0.717, 1.165) is 5.56 Å². The largest absolute Gasteiger partial charge is 0.497 e. The molecule has 0 radical (unpaired) electrons. The van der Waals surface area contributed by atoms with E-state index in [-0.39, 0.29) is 13.2 Å². The van der Waals surface area contributed by atoms with Crippen LogP contribution in [0.2, 0.25) is 0 Å². The maximum Gasteiger partial charge on any atom is 0.336 e. The summed E-state index contributed by atoms with van der Waals surface area (Å²) in [5.41, 5.74) is 2.13. The van der Waals surface area contributed by atoms with Crippen LogP contribution in [0.5, 0.6) is 5.75 Å². The number of ether oxygens (including phenoxy) is 3. The second kappa shape index (κ2) is 9.69. The van der Waals surface area contributed by atoms with Gasteiger partial charge >= 0.3 is 11.9 Å². The first-order valence-electron chi connectivity index (χ1n) is 8.90. The minimum absolute atomic E-state index is 0.0642. The van der Waals surface area contributed by atoms with Crippen LogP contribution in [-0.2, 0) is 19.1 Å². The van der Waals surface area contributed by atoms with Crippen LogP contribution in [0.1, 0.15) is 25.3 Å². The molecule has 6 nitrogen and oxygen atoms in total. The lowest BCUT2D eigenvalue weighted by molar-refractivity contribution is -0.145. The van der Waals surface area contributed by atoms with Gasteiger partial charge in [0.05, 0.1) is 12.7 Å². The normalized spacial score (nSPS) is 18.8. The maximum atomic E-state index is 12.8. The number of hydrogen-bond acceptors (Lipinski definition) is 6. The van der Waals surface area contributed by atoms with Crippen molar-refractivity contribution < 1.29 is 23.8 Å². The third kappa shape index (κ3) is 4.57. The SMILES string of the molecule is C=CCOC(=O)C1=C(C)N=C(C)C(C(=O)OCC=C)[C@@H]1c1cccc(OC)c1. The molecule has 1 aromatic rings. The molecule has 6 heteroatoms. The minimum atomic E-state index is -0.762. The monoisotopic (exact) mass is 383 g/mol. The van der Waals surface area contributed by atoms with E-state index in [2.05, 4.69) is 18.2 Å². The van der Waals surface area contributed by atoms with E-state index in [1.54, 1.807) is 33.1 Å². The summed E-state index contributed by atoms with van der Waals surface area (Å²) in [6, 6.07) is 7.24. The summed E-state index contributed by atoms with van der Waals surface area (Å²) in [5, 5.41) is 0. The molecule has 1 aliphatic rings. The lowest BCUT2D eigenvalue weighted by Gasteiger charge is -2.31. The molecule has 0 saturated carbocycles. The smallest absolute Gasteiger partial charge is 0.336 e. The number of benzene rings is 1. The Morgan fingerprint density at radius 1 is 1.14 bits per heavy atom. The Morgan fingerprint density at radius 2 is 1.82 bits per heavy atom. The molecule has 1 aliphatic heterocycles. The fourth-order valence-electron chi connectivity index (χ4n) is 3.25. The van der Waals surface area contributed by atoms with E-state index in [0.29, 0.717) is 22.7 Å². The predicted molar refractivity (Wildman–Crippen MR) is 107 cm³/mol. The van der Waals surface area contributed by atoms with Gasteiger partial charge in [0.2, 0.25) is 0 Å². The van der Waals surface area contributed by atoms with E-state index in [1.807, 2.05) is 12.1 Å². The summed E-state index contributed by atoms with van der Waals surface area (Å²) in [7, 11) is 1.56. The summed E-state index contributed by atoms with van der Waals surface area (Å²) in [6.07, 6.45) is 2.98. The van der Waals surface area contributed by atoms with Gasteiger partial charge in [-0.2, -0.15) is 0 Å². The van der Waals surface area contributed by atoms with Gasteiger partial charge in [-0.05, 0) is 31.5 Å². The molecule has 0 amide bonds. The number of methoxy groups -OCH3 is 1. The van der Waals surface area contributed by atoms with E-state index in [1.165, 1.54) is 12.2 Å². The molecule has 0 N–H and O–H groups in total. The molecule has 0 aliphatic carbocycles. The van der Waals surface area contributed by atoms with E-state index >= 15 is 0 Å². The van der Waals surface area contributed by atoms with Gasteiger partial charge in [0.15, 0.2) is 0 Å². The van der Waals surface area contributed by atoms with Crippen molar-refractivity contribution in [2.45, 2.75) is 19.8 Å². The van der Waals surface area contributed by atoms with Crippen molar-refractivity contribution in [1.82, 2.24) is 0 Å². The fourth-order valence-corrected chi connectivity index (χ4v) is 3.25. The third-order valence-electron chi connectivity index (χ3n) is 4.43. The zero-order valence-electron chi connectivity index (χ0n) is 16.4. The molecular formula is C22H25NO5. The van der Waals surface area contributed by atoms with Gasteiger partial charge < -0.3 is 14.2 Å². The van der Waals surface area contributed by atoms with Crippen LogP contribution < -0.4 is 4.74 Å². The average molecular weight is 383 g/mol. The van der Waals surface area contributed by atoms with Crippen molar-refractivity contribution in [3.8, 4) is 5.75 Å². The zero-order chi connectivity index (χ0) is 20.7. The van der Waals surface area contributed by atoms with Crippen LogP contribution in [0.15, 0.2) is 65.8 Å². The van der Waals surface area contributed by atoms with Gasteiger partial charge in [-0.1, -0.05) is 37.4 Å². The summed E-state index contributed by atoms with van der Waals surface area (Å²) in [6.45, 7) is 10.8. The van der Waals surface area contributed by atoms with E-state index < -0.39 is 23.8 Å². The highest BCUT2D eigenvalue weighted by atomic mass is 16.5. The molecule has 148 valence electrons. The first-order chi connectivity index (χ1) is 13.4. The summed E-state index contributed by atoms with van der Waals surface area (Å²) < 4.78 is 15.9. The number of nitrogens with zero attached hydrogens (tertiary/aromatic N) is 1. The Morgan fingerprint density at radius 3 is 2.46 bits per heavy atom. The first kappa shape index (κ1) is 21.2. The molecule has 1 unspecified atom stereocenters. The predicted octanol–water partition coefficient (Wildman–Crippen LogP) is 3.60. The highest BCUT2D eigenvalue weighted by molar-refractivity contribution is 6.07. The Hall–Kier alpha value is -3.15. The average Bonchev–Trinajstić information content (AvgIpc) is 2.69. The van der Waals surface area contributed by atoms with Crippen LogP contribution in [-0.4, -0.2) is 38.0 Å². The molecule has 1 heterocycles. The van der Waals surface area contributed by atoms with E-state index in [9.17, 15) is 9.59 Å². The van der Waals surface area contributed by atoms with Crippen molar-refractivity contribution >= 4 is 17.7 Å². The van der Waals surface area contributed by atoms with Gasteiger partial charge in [0, 0.05) is 17.3 Å².